The molecular formula is C12H11BrN2. The summed E-state index contributed by atoms with van der Waals surface area (Å²) in [6, 6.07) is 15.7. The highest BCUT2D eigenvalue weighted by Crippen LogP contribution is 2.25. The van der Waals surface area contributed by atoms with Gasteiger partial charge in [0.15, 0.2) is 0 Å². The van der Waals surface area contributed by atoms with Crippen molar-refractivity contribution in [2.45, 2.75) is 0 Å². The maximum absolute atomic E-state index is 5.88. The number of nitrogens with one attached hydrogen (secondary N) is 1. The zero-order valence-electron chi connectivity index (χ0n) is 8.07. The van der Waals surface area contributed by atoms with E-state index >= 15 is 0 Å². The molecule has 0 saturated carbocycles. The molecule has 0 heterocycles. The predicted octanol–water partition coefficient (Wildman–Crippen LogP) is 3.77. The van der Waals surface area contributed by atoms with Crippen LogP contribution in [0, 0.1) is 0 Å². The highest BCUT2D eigenvalue weighted by molar-refractivity contribution is 9.10. The molecule has 0 fully saturated rings. The van der Waals surface area contributed by atoms with Gasteiger partial charge in [0.05, 0.1) is 11.4 Å². The molecule has 3 N–H and O–H groups in total. The number of nitrogen functional groups attached to an aromatic ring is 1. The Hall–Kier alpha value is -1.48. The minimum absolute atomic E-state index is 0.730. The Bertz CT molecular complexity index is 454. The standard InChI is InChI=1S/C12H11BrN2/c13-9-6-7-12(11(14)8-9)15-10-4-2-1-3-5-10/h1-8,15H,14H2. The van der Waals surface area contributed by atoms with Gasteiger partial charge in [-0.15, -0.1) is 0 Å². The van der Waals surface area contributed by atoms with E-state index in [1.807, 2.05) is 48.5 Å². The Labute approximate surface area is 97.2 Å². The number of hydrogen-bond donors (Lipinski definition) is 2. The van der Waals surface area contributed by atoms with Gasteiger partial charge in [0, 0.05) is 10.2 Å². The summed E-state index contributed by atoms with van der Waals surface area (Å²) in [5.74, 6) is 0. The third-order valence-electron chi connectivity index (χ3n) is 2.07. The first kappa shape index (κ1) is 10.1. The number of anilines is 3. The number of rotatable bonds is 2. The van der Waals surface area contributed by atoms with Crippen LogP contribution in [-0.4, -0.2) is 0 Å². The van der Waals surface area contributed by atoms with Gasteiger partial charge in [-0.2, -0.15) is 0 Å². The number of para-hydroxylation sites is 1. The average molecular weight is 263 g/mol. The second-order valence-corrected chi connectivity index (χ2v) is 4.14. The van der Waals surface area contributed by atoms with Crippen LogP contribution < -0.4 is 11.1 Å². The van der Waals surface area contributed by atoms with Crippen molar-refractivity contribution < 1.29 is 0 Å². The van der Waals surface area contributed by atoms with Crippen LogP contribution in [0.2, 0.25) is 0 Å². The smallest absolute Gasteiger partial charge is 0.0618 e. The van der Waals surface area contributed by atoms with Crippen LogP contribution in [0.3, 0.4) is 0 Å². The molecule has 0 radical (unpaired) electrons. The number of nitrogens with two attached hydrogens (primary N) is 1. The van der Waals surface area contributed by atoms with E-state index in [4.69, 9.17) is 5.73 Å². The summed E-state index contributed by atoms with van der Waals surface area (Å²) < 4.78 is 0.985. The van der Waals surface area contributed by atoms with Crippen LogP contribution in [0.4, 0.5) is 17.1 Å². The van der Waals surface area contributed by atoms with E-state index < -0.39 is 0 Å². The molecule has 0 aliphatic rings. The van der Waals surface area contributed by atoms with Crippen LogP contribution in [-0.2, 0) is 0 Å². The lowest BCUT2D eigenvalue weighted by atomic mass is 10.2. The third kappa shape index (κ3) is 2.50. The van der Waals surface area contributed by atoms with Crippen molar-refractivity contribution in [1.29, 1.82) is 0 Å². The largest absolute Gasteiger partial charge is 0.397 e. The molecule has 2 nitrogen and oxygen atoms in total. The van der Waals surface area contributed by atoms with E-state index in [1.165, 1.54) is 0 Å². The molecule has 15 heavy (non-hydrogen) atoms. The van der Waals surface area contributed by atoms with Crippen molar-refractivity contribution in [3.8, 4) is 0 Å². The van der Waals surface area contributed by atoms with Gasteiger partial charge in [-0.1, -0.05) is 34.1 Å². The van der Waals surface area contributed by atoms with Crippen LogP contribution in [0.1, 0.15) is 0 Å². The molecule has 0 aliphatic carbocycles. The Morgan fingerprint density at radius 2 is 1.73 bits per heavy atom. The summed E-state index contributed by atoms with van der Waals surface area (Å²) in [4.78, 5) is 0. The molecule has 0 aromatic heterocycles. The normalized spacial score (nSPS) is 9.93. The molecule has 2 rings (SSSR count). The fourth-order valence-electron chi connectivity index (χ4n) is 1.32. The minimum atomic E-state index is 0.730. The summed E-state index contributed by atoms with van der Waals surface area (Å²) in [5, 5.41) is 3.25. The van der Waals surface area contributed by atoms with Gasteiger partial charge in [0.1, 0.15) is 0 Å². The lowest BCUT2D eigenvalue weighted by molar-refractivity contribution is 1.53. The fourth-order valence-corrected chi connectivity index (χ4v) is 1.70. The van der Waals surface area contributed by atoms with E-state index in [1.54, 1.807) is 0 Å². The van der Waals surface area contributed by atoms with Gasteiger partial charge in [-0.05, 0) is 30.3 Å². The van der Waals surface area contributed by atoms with E-state index in [0.717, 1.165) is 21.5 Å². The Morgan fingerprint density at radius 1 is 1.00 bits per heavy atom. The molecule has 3 heteroatoms. The van der Waals surface area contributed by atoms with Crippen LogP contribution in [0.5, 0.6) is 0 Å². The number of halogens is 1. The van der Waals surface area contributed by atoms with Gasteiger partial charge in [0.25, 0.3) is 0 Å². The second-order valence-electron chi connectivity index (χ2n) is 3.22. The molecular weight excluding hydrogens is 252 g/mol. The number of hydrogen-bond acceptors (Lipinski definition) is 2. The molecule has 76 valence electrons. The van der Waals surface area contributed by atoms with Crippen LogP contribution >= 0.6 is 15.9 Å². The minimum Gasteiger partial charge on any atom is -0.397 e. The van der Waals surface area contributed by atoms with Crippen molar-refractivity contribution in [3.63, 3.8) is 0 Å². The maximum Gasteiger partial charge on any atom is 0.0618 e. The van der Waals surface area contributed by atoms with Gasteiger partial charge < -0.3 is 11.1 Å². The molecule has 0 amide bonds. The van der Waals surface area contributed by atoms with E-state index in [9.17, 15) is 0 Å². The van der Waals surface area contributed by atoms with Crippen molar-refractivity contribution in [3.05, 3.63) is 53.0 Å². The lowest BCUT2D eigenvalue weighted by Crippen LogP contribution is -1.95. The maximum atomic E-state index is 5.88. The molecule has 0 bridgehead atoms. The van der Waals surface area contributed by atoms with Crippen LogP contribution in [0.25, 0.3) is 0 Å². The quantitative estimate of drug-likeness (QED) is 0.809. The molecule has 0 atom stereocenters. The van der Waals surface area contributed by atoms with Gasteiger partial charge in [-0.25, -0.2) is 0 Å². The number of benzene rings is 2. The van der Waals surface area contributed by atoms with E-state index in [-0.39, 0.29) is 0 Å². The SMILES string of the molecule is Nc1cc(Br)ccc1Nc1ccccc1. The zero-order valence-corrected chi connectivity index (χ0v) is 9.66. The zero-order chi connectivity index (χ0) is 10.7. The first-order chi connectivity index (χ1) is 7.25. The van der Waals surface area contributed by atoms with Crippen molar-refractivity contribution in [1.82, 2.24) is 0 Å². The highest BCUT2D eigenvalue weighted by atomic mass is 79.9. The molecule has 0 saturated heterocycles. The summed E-state index contributed by atoms with van der Waals surface area (Å²) in [7, 11) is 0. The lowest BCUT2D eigenvalue weighted by Gasteiger charge is -2.09. The van der Waals surface area contributed by atoms with Crippen molar-refractivity contribution >= 4 is 33.0 Å². The average Bonchev–Trinajstić information content (AvgIpc) is 2.24. The predicted molar refractivity (Wildman–Crippen MR) is 68.3 cm³/mol. The van der Waals surface area contributed by atoms with Crippen molar-refractivity contribution in [2.24, 2.45) is 0 Å². The first-order valence-electron chi connectivity index (χ1n) is 4.63. The molecule has 2 aromatic rings. The molecule has 0 spiro atoms. The first-order valence-corrected chi connectivity index (χ1v) is 5.42. The second kappa shape index (κ2) is 4.36. The monoisotopic (exact) mass is 262 g/mol. The Morgan fingerprint density at radius 3 is 2.40 bits per heavy atom. The van der Waals surface area contributed by atoms with E-state index in [0.29, 0.717) is 0 Å². The molecule has 0 unspecified atom stereocenters. The summed E-state index contributed by atoms with van der Waals surface area (Å²) in [6.07, 6.45) is 0. The highest BCUT2D eigenvalue weighted by Gasteiger charge is 1.99. The molecule has 2 aromatic carbocycles. The third-order valence-corrected chi connectivity index (χ3v) is 2.56. The van der Waals surface area contributed by atoms with Gasteiger partial charge in [0.2, 0.25) is 0 Å². The Balaban J connectivity index is 2.25. The van der Waals surface area contributed by atoms with Crippen LogP contribution in [0.15, 0.2) is 53.0 Å². The summed E-state index contributed by atoms with van der Waals surface area (Å²) in [5.41, 5.74) is 8.56. The van der Waals surface area contributed by atoms with Gasteiger partial charge in [-0.3, -0.25) is 0 Å². The topological polar surface area (TPSA) is 38.0 Å². The van der Waals surface area contributed by atoms with E-state index in [2.05, 4.69) is 21.2 Å². The summed E-state index contributed by atoms with van der Waals surface area (Å²) in [6.45, 7) is 0. The summed E-state index contributed by atoms with van der Waals surface area (Å²) >= 11 is 3.37. The van der Waals surface area contributed by atoms with Crippen molar-refractivity contribution in [2.75, 3.05) is 11.1 Å². The Kier molecular flexibility index (Phi) is 2.92. The fraction of sp³-hybridized carbons (Fsp3) is 0. The molecule has 0 aliphatic heterocycles. The van der Waals surface area contributed by atoms with Gasteiger partial charge >= 0.3 is 0 Å².